The maximum Gasteiger partial charge on any atom is 0.329 e. The molecule has 130 valence electrons. The summed E-state index contributed by atoms with van der Waals surface area (Å²) >= 11 is 0. The van der Waals surface area contributed by atoms with Gasteiger partial charge in [0, 0.05) is 0 Å². The first-order chi connectivity index (χ1) is 12.1. The van der Waals surface area contributed by atoms with Gasteiger partial charge < -0.3 is 4.74 Å². The predicted molar refractivity (Wildman–Crippen MR) is 86.8 cm³/mol. The third-order valence-corrected chi connectivity index (χ3v) is 3.72. The molecule has 0 aliphatic heterocycles. The van der Waals surface area contributed by atoms with Crippen LogP contribution in [0.4, 0.5) is 4.39 Å². The van der Waals surface area contributed by atoms with Crippen molar-refractivity contribution in [3.05, 3.63) is 46.8 Å². The van der Waals surface area contributed by atoms with Crippen LogP contribution in [0.25, 0.3) is 16.9 Å². The summed E-state index contributed by atoms with van der Waals surface area (Å²) in [4.78, 5) is 28.9. The van der Waals surface area contributed by atoms with Gasteiger partial charge in [-0.15, -0.1) is 5.10 Å². The highest BCUT2D eigenvalue weighted by Gasteiger charge is 2.23. The Labute approximate surface area is 141 Å². The lowest BCUT2D eigenvalue weighted by molar-refractivity contribution is -0.147. The molecule has 8 nitrogen and oxygen atoms in total. The summed E-state index contributed by atoms with van der Waals surface area (Å²) in [6.07, 6.45) is 1.62. The fourth-order valence-corrected chi connectivity index (χ4v) is 2.54. The Balaban J connectivity index is 2.11. The first-order valence-corrected chi connectivity index (χ1v) is 7.82. The molecule has 0 amide bonds. The van der Waals surface area contributed by atoms with E-state index < -0.39 is 23.4 Å². The zero-order valence-electron chi connectivity index (χ0n) is 13.7. The van der Waals surface area contributed by atoms with E-state index in [4.69, 9.17) is 4.74 Å². The van der Waals surface area contributed by atoms with Gasteiger partial charge in [-0.2, -0.15) is 4.68 Å². The SMILES string of the molecule is CCOC(=O)[C@@H](CC)n1cnc2c(nnn2-c2cccc(F)c2)c1=O. The first kappa shape index (κ1) is 16.7. The van der Waals surface area contributed by atoms with Gasteiger partial charge in [0.05, 0.1) is 12.3 Å². The quantitative estimate of drug-likeness (QED) is 0.653. The summed E-state index contributed by atoms with van der Waals surface area (Å²) in [5.41, 5.74) is 0.0669. The molecule has 0 aliphatic rings. The number of benzene rings is 1. The number of esters is 1. The molecule has 25 heavy (non-hydrogen) atoms. The molecule has 0 spiro atoms. The lowest BCUT2D eigenvalue weighted by atomic mass is 10.2. The second kappa shape index (κ2) is 6.80. The van der Waals surface area contributed by atoms with Crippen molar-refractivity contribution in [1.29, 1.82) is 0 Å². The summed E-state index contributed by atoms with van der Waals surface area (Å²) in [5, 5.41) is 7.73. The minimum absolute atomic E-state index is 0.00508. The summed E-state index contributed by atoms with van der Waals surface area (Å²) in [6, 6.07) is 4.91. The van der Waals surface area contributed by atoms with Gasteiger partial charge in [-0.25, -0.2) is 14.2 Å². The molecule has 0 radical (unpaired) electrons. The monoisotopic (exact) mass is 345 g/mol. The van der Waals surface area contributed by atoms with E-state index in [9.17, 15) is 14.0 Å². The highest BCUT2D eigenvalue weighted by atomic mass is 19.1. The van der Waals surface area contributed by atoms with Crippen LogP contribution in [0.15, 0.2) is 35.4 Å². The molecule has 0 fully saturated rings. The van der Waals surface area contributed by atoms with Crippen LogP contribution in [-0.4, -0.2) is 37.1 Å². The van der Waals surface area contributed by atoms with Crippen LogP contribution < -0.4 is 5.56 Å². The second-order valence-corrected chi connectivity index (χ2v) is 5.29. The number of hydrogen-bond acceptors (Lipinski definition) is 6. The topological polar surface area (TPSA) is 91.9 Å². The van der Waals surface area contributed by atoms with Crippen molar-refractivity contribution in [1.82, 2.24) is 24.5 Å². The second-order valence-electron chi connectivity index (χ2n) is 5.29. The van der Waals surface area contributed by atoms with Gasteiger partial charge in [0.25, 0.3) is 5.56 Å². The van der Waals surface area contributed by atoms with Gasteiger partial charge in [0.1, 0.15) is 18.2 Å². The molecular formula is C16H16FN5O3. The summed E-state index contributed by atoms with van der Waals surface area (Å²) in [7, 11) is 0. The number of fused-ring (bicyclic) bond motifs is 1. The normalized spacial score (nSPS) is 12.3. The molecule has 9 heteroatoms. The Bertz CT molecular complexity index is 981. The average molecular weight is 345 g/mol. The van der Waals surface area contributed by atoms with Crippen LogP contribution in [0.5, 0.6) is 0 Å². The van der Waals surface area contributed by atoms with Gasteiger partial charge in [-0.1, -0.05) is 18.2 Å². The predicted octanol–water partition coefficient (Wildman–Crippen LogP) is 1.63. The number of rotatable bonds is 5. The van der Waals surface area contributed by atoms with Crippen LogP contribution in [-0.2, 0) is 9.53 Å². The van der Waals surface area contributed by atoms with Crippen molar-refractivity contribution in [3.8, 4) is 5.69 Å². The molecule has 0 unspecified atom stereocenters. The Morgan fingerprint density at radius 3 is 2.84 bits per heavy atom. The molecule has 2 heterocycles. The molecule has 2 aromatic heterocycles. The van der Waals surface area contributed by atoms with E-state index in [0.29, 0.717) is 12.1 Å². The molecule has 3 aromatic rings. The van der Waals surface area contributed by atoms with Crippen molar-refractivity contribution in [2.45, 2.75) is 26.3 Å². The number of halogens is 1. The van der Waals surface area contributed by atoms with Crippen LogP contribution in [0.3, 0.4) is 0 Å². The smallest absolute Gasteiger partial charge is 0.329 e. The van der Waals surface area contributed by atoms with Gasteiger partial charge in [-0.05, 0) is 31.5 Å². The Hall–Kier alpha value is -3.10. The van der Waals surface area contributed by atoms with Gasteiger partial charge >= 0.3 is 5.97 Å². The maximum absolute atomic E-state index is 13.4. The summed E-state index contributed by atoms with van der Waals surface area (Å²) in [6.45, 7) is 3.68. The average Bonchev–Trinajstić information content (AvgIpc) is 3.02. The maximum atomic E-state index is 13.4. The standard InChI is InChI=1S/C16H16FN5O3/c1-3-12(16(24)25-4-2)21-9-18-14-13(15(21)23)19-20-22(14)11-7-5-6-10(17)8-11/h5-9,12H,3-4H2,1-2H3/t12-/m1/s1. The third-order valence-electron chi connectivity index (χ3n) is 3.72. The molecule has 0 saturated heterocycles. The number of hydrogen-bond donors (Lipinski definition) is 0. The summed E-state index contributed by atoms with van der Waals surface area (Å²) in [5.74, 6) is -0.950. The molecule has 0 bridgehead atoms. The van der Waals surface area contributed by atoms with E-state index in [1.807, 2.05) is 0 Å². The largest absolute Gasteiger partial charge is 0.464 e. The lowest BCUT2D eigenvalue weighted by Crippen LogP contribution is -2.31. The molecule has 1 atom stereocenters. The van der Waals surface area contributed by atoms with Gasteiger partial charge in [0.15, 0.2) is 11.2 Å². The Morgan fingerprint density at radius 1 is 1.36 bits per heavy atom. The Morgan fingerprint density at radius 2 is 2.16 bits per heavy atom. The fourth-order valence-electron chi connectivity index (χ4n) is 2.54. The van der Waals surface area contributed by atoms with E-state index in [1.165, 1.54) is 33.8 Å². The zero-order valence-corrected chi connectivity index (χ0v) is 13.7. The van der Waals surface area contributed by atoms with E-state index >= 15 is 0 Å². The molecule has 3 rings (SSSR count). The molecule has 0 aliphatic carbocycles. The van der Waals surface area contributed by atoms with Crippen molar-refractivity contribution in [2.75, 3.05) is 6.61 Å². The highest BCUT2D eigenvalue weighted by molar-refractivity contribution is 5.75. The van der Waals surface area contributed by atoms with E-state index in [1.54, 1.807) is 19.9 Å². The Kier molecular flexibility index (Phi) is 4.55. The van der Waals surface area contributed by atoms with Crippen molar-refractivity contribution < 1.29 is 13.9 Å². The van der Waals surface area contributed by atoms with Crippen LogP contribution >= 0.6 is 0 Å². The summed E-state index contributed by atoms with van der Waals surface area (Å²) < 4.78 is 20.9. The van der Waals surface area contributed by atoms with Gasteiger partial charge in [-0.3, -0.25) is 9.36 Å². The van der Waals surface area contributed by atoms with Crippen molar-refractivity contribution >= 4 is 17.1 Å². The van der Waals surface area contributed by atoms with E-state index in [0.717, 1.165) is 0 Å². The molecule has 0 saturated carbocycles. The van der Waals surface area contributed by atoms with E-state index in [2.05, 4.69) is 15.3 Å². The number of nitrogens with zero attached hydrogens (tertiary/aromatic N) is 5. The number of ether oxygens (including phenoxy) is 1. The van der Waals surface area contributed by atoms with Crippen molar-refractivity contribution in [3.63, 3.8) is 0 Å². The minimum atomic E-state index is -0.788. The molecule has 0 N–H and O–H groups in total. The number of carbonyl (C=O) groups excluding carboxylic acids is 1. The van der Waals surface area contributed by atoms with Crippen LogP contribution in [0.2, 0.25) is 0 Å². The molecule has 1 aromatic carbocycles. The number of carbonyl (C=O) groups is 1. The minimum Gasteiger partial charge on any atom is -0.464 e. The van der Waals surface area contributed by atoms with Crippen LogP contribution in [0, 0.1) is 5.82 Å². The van der Waals surface area contributed by atoms with Crippen LogP contribution in [0.1, 0.15) is 26.3 Å². The zero-order chi connectivity index (χ0) is 18.0. The van der Waals surface area contributed by atoms with E-state index in [-0.39, 0.29) is 17.8 Å². The fraction of sp³-hybridized carbons (Fsp3) is 0.312. The third kappa shape index (κ3) is 3.00. The van der Waals surface area contributed by atoms with Crippen molar-refractivity contribution in [2.24, 2.45) is 0 Å². The molecular weight excluding hydrogens is 329 g/mol. The van der Waals surface area contributed by atoms with Gasteiger partial charge in [0.2, 0.25) is 0 Å². The first-order valence-electron chi connectivity index (χ1n) is 7.82. The highest BCUT2D eigenvalue weighted by Crippen LogP contribution is 2.15. The lowest BCUT2D eigenvalue weighted by Gasteiger charge is -2.15. The number of aromatic nitrogens is 5.